The van der Waals surface area contributed by atoms with E-state index in [0.29, 0.717) is 11.8 Å². The monoisotopic (exact) mass is 310 g/mol. The molecule has 0 aromatic carbocycles. The first-order chi connectivity index (χ1) is 10.0. The molecular weight excluding hydrogens is 288 g/mol. The van der Waals surface area contributed by atoms with Gasteiger partial charge in [-0.25, -0.2) is 4.98 Å². The number of anilines is 2. The first kappa shape index (κ1) is 15.9. The van der Waals surface area contributed by atoms with Crippen molar-refractivity contribution in [3.63, 3.8) is 0 Å². The van der Waals surface area contributed by atoms with Crippen molar-refractivity contribution in [2.75, 3.05) is 30.4 Å². The Hall–Kier alpha value is -1.44. The second-order valence-corrected chi connectivity index (χ2v) is 6.33. The summed E-state index contributed by atoms with van der Waals surface area (Å²) >= 11 is 1.64. The molecule has 0 saturated carbocycles. The predicted octanol–water partition coefficient (Wildman–Crippen LogP) is 1.84. The zero-order valence-corrected chi connectivity index (χ0v) is 13.4. The van der Waals surface area contributed by atoms with Crippen molar-refractivity contribution in [3.8, 4) is 0 Å². The molecule has 4 N–H and O–H groups in total. The lowest BCUT2D eigenvalue weighted by Crippen LogP contribution is -2.42. The minimum absolute atomic E-state index is 0.184. The van der Waals surface area contributed by atoms with Crippen LogP contribution in [0.1, 0.15) is 25.6 Å². The van der Waals surface area contributed by atoms with Gasteiger partial charge in [-0.05, 0) is 26.3 Å². The third-order valence-corrected chi connectivity index (χ3v) is 4.42. The maximum Gasteiger partial charge on any atom is 0.226 e. The largest absolute Gasteiger partial charge is 0.394 e. The van der Waals surface area contributed by atoms with E-state index in [4.69, 9.17) is 0 Å². The van der Waals surface area contributed by atoms with Gasteiger partial charge in [-0.3, -0.25) is 0 Å². The number of fused-ring (bicyclic) bond motifs is 1. The van der Waals surface area contributed by atoms with Crippen LogP contribution in [0.5, 0.6) is 0 Å². The van der Waals surface area contributed by atoms with Crippen LogP contribution in [-0.4, -0.2) is 45.5 Å². The normalized spacial score (nSPS) is 11.9. The summed E-state index contributed by atoms with van der Waals surface area (Å²) in [5.41, 5.74) is -0.820. The second-order valence-electron chi connectivity index (χ2n) is 5.21. The highest BCUT2D eigenvalue weighted by atomic mass is 32.1. The molecule has 2 aromatic rings. The quantitative estimate of drug-likeness (QED) is 0.624. The Labute approximate surface area is 128 Å². The molecule has 0 aliphatic rings. The lowest BCUT2D eigenvalue weighted by molar-refractivity contribution is 0.147. The molecule has 7 heteroatoms. The van der Waals surface area contributed by atoms with Crippen LogP contribution in [-0.2, 0) is 6.42 Å². The van der Waals surface area contributed by atoms with Gasteiger partial charge in [0.2, 0.25) is 5.95 Å². The van der Waals surface area contributed by atoms with E-state index >= 15 is 0 Å². The molecule has 116 valence electrons. The Bertz CT molecular complexity index is 610. The van der Waals surface area contributed by atoms with Crippen molar-refractivity contribution in [2.24, 2.45) is 0 Å². The van der Waals surface area contributed by atoms with E-state index in [1.807, 2.05) is 6.92 Å². The number of aliphatic hydroxyl groups is 2. The van der Waals surface area contributed by atoms with Crippen LogP contribution in [0.2, 0.25) is 0 Å². The van der Waals surface area contributed by atoms with Gasteiger partial charge < -0.3 is 20.8 Å². The Balaban J connectivity index is 2.50. The summed E-state index contributed by atoms with van der Waals surface area (Å²) in [5, 5.41) is 26.1. The molecule has 0 atom stereocenters. The van der Waals surface area contributed by atoms with Crippen LogP contribution >= 0.6 is 11.3 Å². The van der Waals surface area contributed by atoms with Gasteiger partial charge in [0.25, 0.3) is 0 Å². The molecule has 0 saturated heterocycles. The zero-order chi connectivity index (χ0) is 15.5. The van der Waals surface area contributed by atoms with Crippen molar-refractivity contribution >= 4 is 33.3 Å². The average molecular weight is 310 g/mol. The fourth-order valence-electron chi connectivity index (χ4n) is 1.89. The summed E-state index contributed by atoms with van der Waals surface area (Å²) < 4.78 is 0. The highest BCUT2D eigenvalue weighted by Gasteiger charge is 2.24. The number of aryl methyl sites for hydroxylation is 1. The van der Waals surface area contributed by atoms with Crippen LogP contribution in [0.25, 0.3) is 10.2 Å². The fraction of sp³-hybridized carbons (Fsp3) is 0.571. The molecule has 0 amide bonds. The molecule has 2 heterocycles. The first-order valence-electron chi connectivity index (χ1n) is 7.09. The third-order valence-electron chi connectivity index (χ3n) is 3.25. The van der Waals surface area contributed by atoms with Crippen LogP contribution in [0.4, 0.5) is 11.8 Å². The lowest BCUT2D eigenvalue weighted by atomic mass is 10.1. The number of hydrogen-bond acceptors (Lipinski definition) is 7. The summed E-state index contributed by atoms with van der Waals surface area (Å²) in [4.78, 5) is 11.1. The molecule has 2 aromatic heterocycles. The standard InChI is InChI=1S/C14H22N4O2S/c1-4-9-6-10-11(18-14(3,7-19)8-20)16-13(15-5-2)17-12(10)21-9/h6,19-20H,4-5,7-8H2,1-3H3,(H2,15,16,17,18). The summed E-state index contributed by atoms with van der Waals surface area (Å²) in [6, 6.07) is 2.06. The summed E-state index contributed by atoms with van der Waals surface area (Å²) in [6.07, 6.45) is 0.939. The molecule has 0 radical (unpaired) electrons. The number of aromatic nitrogens is 2. The summed E-state index contributed by atoms with van der Waals surface area (Å²) in [7, 11) is 0. The lowest BCUT2D eigenvalue weighted by Gasteiger charge is -2.27. The van der Waals surface area contributed by atoms with Gasteiger partial charge in [0.05, 0.1) is 24.1 Å². The minimum Gasteiger partial charge on any atom is -0.394 e. The Kier molecular flexibility index (Phi) is 4.97. The maximum absolute atomic E-state index is 9.46. The van der Waals surface area contributed by atoms with E-state index in [1.54, 1.807) is 18.3 Å². The van der Waals surface area contributed by atoms with Crippen LogP contribution < -0.4 is 10.6 Å². The van der Waals surface area contributed by atoms with Crippen molar-refractivity contribution in [3.05, 3.63) is 10.9 Å². The van der Waals surface area contributed by atoms with Gasteiger partial charge in [0.15, 0.2) is 0 Å². The van der Waals surface area contributed by atoms with Gasteiger partial charge in [-0.15, -0.1) is 11.3 Å². The molecule has 0 aliphatic heterocycles. The second kappa shape index (κ2) is 6.55. The molecule has 0 bridgehead atoms. The van der Waals surface area contributed by atoms with E-state index in [2.05, 4.69) is 33.6 Å². The molecule has 0 fully saturated rings. The third kappa shape index (κ3) is 3.42. The van der Waals surface area contributed by atoms with E-state index < -0.39 is 5.54 Å². The topological polar surface area (TPSA) is 90.3 Å². The zero-order valence-electron chi connectivity index (χ0n) is 12.6. The molecule has 6 nitrogen and oxygen atoms in total. The molecule has 0 aliphatic carbocycles. The number of nitrogens with one attached hydrogen (secondary N) is 2. The summed E-state index contributed by atoms with van der Waals surface area (Å²) in [6.45, 7) is 6.20. The van der Waals surface area contributed by atoms with Gasteiger partial charge in [0, 0.05) is 11.4 Å². The van der Waals surface area contributed by atoms with Crippen LogP contribution in [0, 0.1) is 0 Å². The fourth-order valence-corrected chi connectivity index (χ4v) is 2.86. The van der Waals surface area contributed by atoms with E-state index in [0.717, 1.165) is 23.2 Å². The van der Waals surface area contributed by atoms with Crippen molar-refractivity contribution in [1.29, 1.82) is 0 Å². The smallest absolute Gasteiger partial charge is 0.226 e. The van der Waals surface area contributed by atoms with Gasteiger partial charge >= 0.3 is 0 Å². The minimum atomic E-state index is -0.820. The Morgan fingerprint density at radius 3 is 2.52 bits per heavy atom. The van der Waals surface area contributed by atoms with Gasteiger partial charge in [-0.1, -0.05) is 6.92 Å². The van der Waals surface area contributed by atoms with Crippen LogP contribution in [0.15, 0.2) is 6.07 Å². The molecule has 2 rings (SSSR count). The molecule has 21 heavy (non-hydrogen) atoms. The summed E-state index contributed by atoms with van der Waals surface area (Å²) in [5.74, 6) is 1.19. The van der Waals surface area contributed by atoms with E-state index in [1.165, 1.54) is 4.88 Å². The van der Waals surface area contributed by atoms with Gasteiger partial charge in [0.1, 0.15) is 10.6 Å². The number of thiophene rings is 1. The maximum atomic E-state index is 9.46. The van der Waals surface area contributed by atoms with E-state index in [-0.39, 0.29) is 13.2 Å². The Morgan fingerprint density at radius 2 is 1.95 bits per heavy atom. The highest BCUT2D eigenvalue weighted by Crippen LogP contribution is 2.31. The number of rotatable bonds is 7. The number of aliphatic hydroxyl groups excluding tert-OH is 2. The number of hydrogen-bond donors (Lipinski definition) is 4. The van der Waals surface area contributed by atoms with Crippen molar-refractivity contribution in [2.45, 2.75) is 32.7 Å². The average Bonchev–Trinajstić information content (AvgIpc) is 2.91. The SMILES string of the molecule is CCNc1nc(NC(C)(CO)CO)c2cc(CC)sc2n1. The molecule has 0 spiro atoms. The van der Waals surface area contributed by atoms with Crippen LogP contribution in [0.3, 0.4) is 0 Å². The van der Waals surface area contributed by atoms with Gasteiger partial charge in [-0.2, -0.15) is 4.98 Å². The Morgan fingerprint density at radius 1 is 1.24 bits per heavy atom. The highest BCUT2D eigenvalue weighted by molar-refractivity contribution is 7.18. The van der Waals surface area contributed by atoms with E-state index in [9.17, 15) is 10.2 Å². The molecule has 0 unspecified atom stereocenters. The molecular formula is C14H22N4O2S. The van der Waals surface area contributed by atoms with Crippen molar-refractivity contribution in [1.82, 2.24) is 9.97 Å². The predicted molar refractivity (Wildman–Crippen MR) is 87.2 cm³/mol. The first-order valence-corrected chi connectivity index (χ1v) is 7.91. The number of nitrogens with zero attached hydrogens (tertiary/aromatic N) is 2. The van der Waals surface area contributed by atoms with Crippen molar-refractivity contribution < 1.29 is 10.2 Å².